The van der Waals surface area contributed by atoms with Gasteiger partial charge in [-0.1, -0.05) is 29.9 Å². The van der Waals surface area contributed by atoms with E-state index in [2.05, 4.69) is 4.72 Å². The normalized spacial score (nSPS) is 11.5. The SMILES string of the molecule is CCOCCCNS(=O)(=O)c1ccc(C(N)=S)cc1Cl. The van der Waals surface area contributed by atoms with Crippen molar-refractivity contribution in [3.05, 3.63) is 28.8 Å². The third-order valence-electron chi connectivity index (χ3n) is 2.47. The Morgan fingerprint density at radius 2 is 2.20 bits per heavy atom. The van der Waals surface area contributed by atoms with Crippen LogP contribution < -0.4 is 10.5 Å². The number of hydrogen-bond donors (Lipinski definition) is 2. The molecular formula is C12H17ClN2O3S2. The summed E-state index contributed by atoms with van der Waals surface area (Å²) in [6.07, 6.45) is 0.593. The van der Waals surface area contributed by atoms with E-state index in [-0.39, 0.29) is 21.5 Å². The van der Waals surface area contributed by atoms with Gasteiger partial charge in [-0.3, -0.25) is 0 Å². The molecule has 1 rings (SSSR count). The first-order valence-electron chi connectivity index (χ1n) is 6.05. The maximum Gasteiger partial charge on any atom is 0.242 e. The van der Waals surface area contributed by atoms with Crippen molar-refractivity contribution in [1.82, 2.24) is 4.72 Å². The Labute approximate surface area is 129 Å². The lowest BCUT2D eigenvalue weighted by atomic mass is 10.2. The lowest BCUT2D eigenvalue weighted by Crippen LogP contribution is -2.26. The fraction of sp³-hybridized carbons (Fsp3) is 0.417. The largest absolute Gasteiger partial charge is 0.389 e. The number of benzene rings is 1. The highest BCUT2D eigenvalue weighted by Crippen LogP contribution is 2.22. The average molecular weight is 337 g/mol. The second-order valence-electron chi connectivity index (χ2n) is 3.96. The molecular weight excluding hydrogens is 320 g/mol. The maximum absolute atomic E-state index is 12.1. The van der Waals surface area contributed by atoms with Crippen molar-refractivity contribution in [1.29, 1.82) is 0 Å². The first-order chi connectivity index (χ1) is 9.38. The zero-order chi connectivity index (χ0) is 15.2. The zero-order valence-electron chi connectivity index (χ0n) is 11.1. The molecule has 0 fully saturated rings. The summed E-state index contributed by atoms with van der Waals surface area (Å²) >= 11 is 10.8. The Bertz CT molecular complexity index is 576. The summed E-state index contributed by atoms with van der Waals surface area (Å²) in [7, 11) is -3.64. The molecule has 112 valence electrons. The van der Waals surface area contributed by atoms with Crippen LogP contribution in [0.3, 0.4) is 0 Å². The fourth-order valence-electron chi connectivity index (χ4n) is 1.47. The van der Waals surface area contributed by atoms with Crippen LogP contribution in [0.5, 0.6) is 0 Å². The number of rotatable bonds is 8. The highest BCUT2D eigenvalue weighted by Gasteiger charge is 2.17. The Morgan fingerprint density at radius 3 is 2.75 bits per heavy atom. The highest BCUT2D eigenvalue weighted by atomic mass is 35.5. The molecule has 0 amide bonds. The van der Waals surface area contributed by atoms with Gasteiger partial charge < -0.3 is 10.5 Å². The Balaban J connectivity index is 2.75. The molecule has 5 nitrogen and oxygen atoms in total. The molecule has 3 N–H and O–H groups in total. The number of nitrogens with two attached hydrogens (primary N) is 1. The molecule has 0 aliphatic rings. The molecule has 0 aliphatic carbocycles. The van der Waals surface area contributed by atoms with Gasteiger partial charge in [-0.25, -0.2) is 13.1 Å². The van der Waals surface area contributed by atoms with Crippen LogP contribution in [0.4, 0.5) is 0 Å². The number of hydrogen-bond acceptors (Lipinski definition) is 4. The molecule has 0 aromatic heterocycles. The van der Waals surface area contributed by atoms with Gasteiger partial charge in [-0.2, -0.15) is 0 Å². The first-order valence-corrected chi connectivity index (χ1v) is 8.32. The molecule has 0 saturated carbocycles. The first kappa shape index (κ1) is 17.3. The van der Waals surface area contributed by atoms with Crippen LogP contribution in [0.15, 0.2) is 23.1 Å². The number of halogens is 1. The van der Waals surface area contributed by atoms with E-state index in [4.69, 9.17) is 34.3 Å². The van der Waals surface area contributed by atoms with E-state index in [0.717, 1.165) is 0 Å². The van der Waals surface area contributed by atoms with Crippen molar-refractivity contribution >= 4 is 38.8 Å². The molecule has 0 atom stereocenters. The van der Waals surface area contributed by atoms with Crippen LogP contribution in [-0.4, -0.2) is 33.2 Å². The predicted octanol–water partition coefficient (Wildman–Crippen LogP) is 1.68. The molecule has 0 unspecified atom stereocenters. The van der Waals surface area contributed by atoms with E-state index in [1.54, 1.807) is 0 Å². The van der Waals surface area contributed by atoms with E-state index in [0.29, 0.717) is 25.2 Å². The summed E-state index contributed by atoms with van der Waals surface area (Å²) in [4.78, 5) is 0.177. The summed E-state index contributed by atoms with van der Waals surface area (Å²) in [5, 5.41) is 0.0904. The lowest BCUT2D eigenvalue weighted by Gasteiger charge is -2.09. The third kappa shape index (κ3) is 4.99. The molecule has 1 aromatic carbocycles. The van der Waals surface area contributed by atoms with Gasteiger partial charge in [0.2, 0.25) is 10.0 Å². The molecule has 0 heterocycles. The van der Waals surface area contributed by atoms with Gasteiger partial charge in [-0.05, 0) is 25.5 Å². The molecule has 0 spiro atoms. The molecule has 0 bridgehead atoms. The van der Waals surface area contributed by atoms with Crippen LogP contribution in [0.2, 0.25) is 5.02 Å². The van der Waals surface area contributed by atoms with Crippen LogP contribution in [-0.2, 0) is 14.8 Å². The van der Waals surface area contributed by atoms with Gasteiger partial charge in [0.15, 0.2) is 0 Å². The van der Waals surface area contributed by atoms with Crippen molar-refractivity contribution in [2.75, 3.05) is 19.8 Å². The van der Waals surface area contributed by atoms with Gasteiger partial charge >= 0.3 is 0 Å². The second kappa shape index (κ2) is 7.90. The molecule has 20 heavy (non-hydrogen) atoms. The smallest absolute Gasteiger partial charge is 0.242 e. The standard InChI is InChI=1S/C12H17ClN2O3S2/c1-2-18-7-3-6-15-20(16,17)11-5-4-9(12(14)19)8-10(11)13/h4-5,8,15H,2-3,6-7H2,1H3,(H2,14,19). The number of ether oxygens (including phenoxy) is 1. The molecule has 0 aliphatic heterocycles. The number of sulfonamides is 1. The molecule has 1 aromatic rings. The van der Waals surface area contributed by atoms with Crippen molar-refractivity contribution < 1.29 is 13.2 Å². The van der Waals surface area contributed by atoms with Gasteiger partial charge in [-0.15, -0.1) is 0 Å². The van der Waals surface area contributed by atoms with Crippen LogP contribution in [0, 0.1) is 0 Å². The number of nitrogens with one attached hydrogen (secondary N) is 1. The third-order valence-corrected chi connectivity index (χ3v) is 4.65. The van der Waals surface area contributed by atoms with Gasteiger partial charge in [0.1, 0.15) is 9.88 Å². The molecule has 0 saturated heterocycles. The van der Waals surface area contributed by atoms with E-state index >= 15 is 0 Å². The minimum atomic E-state index is -3.64. The monoisotopic (exact) mass is 336 g/mol. The van der Waals surface area contributed by atoms with Crippen LogP contribution >= 0.6 is 23.8 Å². The Hall–Kier alpha value is -0.730. The number of thiocarbonyl (C=S) groups is 1. The van der Waals surface area contributed by atoms with E-state index in [1.165, 1.54) is 18.2 Å². The summed E-state index contributed by atoms with van der Waals surface area (Å²) in [5.41, 5.74) is 5.99. The molecule has 0 radical (unpaired) electrons. The Kier molecular flexibility index (Phi) is 6.84. The van der Waals surface area contributed by atoms with Crippen molar-refractivity contribution in [2.45, 2.75) is 18.2 Å². The summed E-state index contributed by atoms with van der Waals surface area (Å²) in [6, 6.07) is 4.36. The minimum absolute atomic E-state index is 0.00979. The fourth-order valence-corrected chi connectivity index (χ4v) is 3.22. The summed E-state index contributed by atoms with van der Waals surface area (Å²) in [5.74, 6) is 0. The zero-order valence-corrected chi connectivity index (χ0v) is 13.4. The van der Waals surface area contributed by atoms with Gasteiger partial charge in [0.25, 0.3) is 0 Å². The van der Waals surface area contributed by atoms with E-state index < -0.39 is 10.0 Å². The van der Waals surface area contributed by atoms with Crippen molar-refractivity contribution in [3.8, 4) is 0 Å². The minimum Gasteiger partial charge on any atom is -0.389 e. The van der Waals surface area contributed by atoms with Crippen LogP contribution in [0.25, 0.3) is 0 Å². The topological polar surface area (TPSA) is 81.4 Å². The maximum atomic E-state index is 12.1. The van der Waals surface area contributed by atoms with E-state index in [1.807, 2.05) is 6.92 Å². The lowest BCUT2D eigenvalue weighted by molar-refractivity contribution is 0.146. The Morgan fingerprint density at radius 1 is 1.50 bits per heavy atom. The summed E-state index contributed by atoms with van der Waals surface area (Å²) in [6.45, 7) is 3.29. The quantitative estimate of drug-likeness (QED) is 0.557. The van der Waals surface area contributed by atoms with E-state index in [9.17, 15) is 8.42 Å². The molecule has 8 heteroatoms. The predicted molar refractivity (Wildman–Crippen MR) is 83.6 cm³/mol. The van der Waals surface area contributed by atoms with Crippen LogP contribution in [0.1, 0.15) is 18.9 Å². The van der Waals surface area contributed by atoms with Crippen molar-refractivity contribution in [2.24, 2.45) is 5.73 Å². The van der Waals surface area contributed by atoms with Crippen molar-refractivity contribution in [3.63, 3.8) is 0 Å². The second-order valence-corrected chi connectivity index (χ2v) is 6.54. The van der Waals surface area contributed by atoms with Gasteiger partial charge in [0.05, 0.1) is 5.02 Å². The van der Waals surface area contributed by atoms with Gasteiger partial charge in [0, 0.05) is 25.3 Å². The average Bonchev–Trinajstić information content (AvgIpc) is 2.37. The summed E-state index contributed by atoms with van der Waals surface area (Å²) < 4.78 is 31.7. The highest BCUT2D eigenvalue weighted by molar-refractivity contribution is 7.89.